The number of hydrogen-bond acceptors (Lipinski definition) is 4. The van der Waals surface area contributed by atoms with Crippen molar-refractivity contribution in [1.82, 2.24) is 15.0 Å². The number of hydrogen-bond donors (Lipinski definition) is 2. The minimum atomic E-state index is 0.663. The van der Waals surface area contributed by atoms with E-state index in [0.29, 0.717) is 6.54 Å². The maximum absolute atomic E-state index is 4.57. The molecule has 0 aliphatic rings. The smallest absolute Gasteiger partial charge is 0.183 e. The van der Waals surface area contributed by atoms with E-state index in [1.165, 1.54) is 5.56 Å². The van der Waals surface area contributed by atoms with Gasteiger partial charge in [0.15, 0.2) is 5.13 Å². The quantitative estimate of drug-likeness (QED) is 0.591. The summed E-state index contributed by atoms with van der Waals surface area (Å²) in [6, 6.07) is 16.4. The molecule has 0 bridgehead atoms. The van der Waals surface area contributed by atoms with Crippen LogP contribution in [0.3, 0.4) is 0 Å². The highest BCUT2D eigenvalue weighted by Gasteiger charge is 2.05. The second kappa shape index (κ2) is 5.61. The number of pyridine rings is 1. The Morgan fingerprint density at radius 1 is 1.05 bits per heavy atom. The fourth-order valence-corrected chi connectivity index (χ4v) is 3.14. The summed E-state index contributed by atoms with van der Waals surface area (Å²) in [5, 5.41) is 5.38. The third kappa shape index (κ3) is 2.58. The van der Waals surface area contributed by atoms with E-state index in [2.05, 4.69) is 38.5 Å². The van der Waals surface area contributed by atoms with Gasteiger partial charge in [0.25, 0.3) is 0 Å². The van der Waals surface area contributed by atoms with Gasteiger partial charge in [0.2, 0.25) is 0 Å². The number of aromatic amines is 1. The molecule has 1 aromatic carbocycles. The fourth-order valence-electron chi connectivity index (χ4n) is 2.33. The lowest BCUT2D eigenvalue weighted by molar-refractivity contribution is 1.05. The minimum Gasteiger partial charge on any atom is -0.356 e. The molecule has 2 N–H and O–H groups in total. The van der Waals surface area contributed by atoms with E-state index in [-0.39, 0.29) is 0 Å². The molecule has 4 rings (SSSR count). The van der Waals surface area contributed by atoms with Crippen LogP contribution in [0.5, 0.6) is 0 Å². The summed E-state index contributed by atoms with van der Waals surface area (Å²) < 4.78 is 0. The van der Waals surface area contributed by atoms with Gasteiger partial charge in [-0.2, -0.15) is 0 Å². The summed E-state index contributed by atoms with van der Waals surface area (Å²) in [6.07, 6.45) is 3.81. The van der Waals surface area contributed by atoms with E-state index in [0.717, 1.165) is 26.7 Å². The molecule has 22 heavy (non-hydrogen) atoms. The Labute approximate surface area is 131 Å². The number of thiazole rings is 1. The average Bonchev–Trinajstić information content (AvgIpc) is 3.22. The van der Waals surface area contributed by atoms with Crippen LogP contribution < -0.4 is 5.32 Å². The van der Waals surface area contributed by atoms with E-state index in [4.69, 9.17) is 0 Å². The zero-order valence-corrected chi connectivity index (χ0v) is 12.6. The summed E-state index contributed by atoms with van der Waals surface area (Å²) in [4.78, 5) is 13.3. The molecule has 3 aromatic heterocycles. The molecule has 4 nitrogen and oxygen atoms in total. The molecule has 0 amide bonds. The van der Waals surface area contributed by atoms with Crippen molar-refractivity contribution in [1.29, 1.82) is 0 Å². The molecule has 0 atom stereocenters. The average molecular weight is 306 g/mol. The van der Waals surface area contributed by atoms with Crippen LogP contribution in [-0.2, 0) is 6.54 Å². The molecule has 0 aliphatic heterocycles. The topological polar surface area (TPSA) is 53.6 Å². The van der Waals surface area contributed by atoms with Crippen molar-refractivity contribution in [3.63, 3.8) is 0 Å². The van der Waals surface area contributed by atoms with Gasteiger partial charge in [0, 0.05) is 17.8 Å². The first kappa shape index (κ1) is 13.0. The Kier molecular flexibility index (Phi) is 3.33. The maximum Gasteiger partial charge on any atom is 0.183 e. The molecule has 3 heterocycles. The molecule has 0 saturated carbocycles. The van der Waals surface area contributed by atoms with Crippen LogP contribution in [0.25, 0.3) is 21.5 Å². The maximum atomic E-state index is 4.57. The van der Waals surface area contributed by atoms with Crippen molar-refractivity contribution in [2.75, 3.05) is 5.32 Å². The predicted octanol–water partition coefficient (Wildman–Crippen LogP) is 4.30. The summed E-state index contributed by atoms with van der Waals surface area (Å²) in [5.74, 6) is 0. The van der Waals surface area contributed by atoms with E-state index < -0.39 is 0 Å². The van der Waals surface area contributed by atoms with Gasteiger partial charge in [-0.15, -0.1) is 0 Å². The van der Waals surface area contributed by atoms with Crippen molar-refractivity contribution in [2.45, 2.75) is 6.54 Å². The van der Waals surface area contributed by atoms with Crippen molar-refractivity contribution < 1.29 is 0 Å². The predicted molar refractivity (Wildman–Crippen MR) is 91.0 cm³/mol. The van der Waals surface area contributed by atoms with Gasteiger partial charge < -0.3 is 10.3 Å². The largest absolute Gasteiger partial charge is 0.356 e. The molecule has 0 saturated heterocycles. The second-order valence-corrected chi connectivity index (χ2v) is 6.00. The summed E-state index contributed by atoms with van der Waals surface area (Å²) in [5.41, 5.74) is 3.11. The van der Waals surface area contributed by atoms with Gasteiger partial charge in [-0.3, -0.25) is 0 Å². The molecule has 0 spiro atoms. The Morgan fingerprint density at radius 3 is 2.86 bits per heavy atom. The first-order chi connectivity index (χ1) is 10.9. The minimum absolute atomic E-state index is 0.663. The zero-order chi connectivity index (χ0) is 14.8. The highest BCUT2D eigenvalue weighted by Crippen LogP contribution is 2.28. The third-order valence-corrected chi connectivity index (χ3v) is 4.46. The van der Waals surface area contributed by atoms with Crippen LogP contribution in [0.15, 0.2) is 60.9 Å². The van der Waals surface area contributed by atoms with E-state index in [1.54, 1.807) is 11.3 Å². The lowest BCUT2D eigenvalue weighted by atomic mass is 10.2. The van der Waals surface area contributed by atoms with Crippen molar-refractivity contribution >= 4 is 27.5 Å². The van der Waals surface area contributed by atoms with E-state index in [9.17, 15) is 0 Å². The van der Waals surface area contributed by atoms with Gasteiger partial charge in [0.1, 0.15) is 5.65 Å². The molecule has 0 radical (unpaired) electrons. The lowest BCUT2D eigenvalue weighted by Crippen LogP contribution is -2.00. The number of aromatic nitrogens is 3. The standard InChI is InChI=1S/C17H14N4S/c1-2-4-12(5-3-1)15-11-20-17(22-15)19-10-14-7-6-13-8-9-18-16(13)21-14/h1-9,11H,10H2,(H,18,21)(H,19,20). The van der Waals surface area contributed by atoms with Crippen LogP contribution in [-0.4, -0.2) is 15.0 Å². The van der Waals surface area contributed by atoms with Gasteiger partial charge in [-0.1, -0.05) is 41.7 Å². The normalized spacial score (nSPS) is 10.9. The number of H-pyrrole nitrogens is 1. The van der Waals surface area contributed by atoms with E-state index >= 15 is 0 Å². The Hall–Kier alpha value is -2.66. The van der Waals surface area contributed by atoms with Crippen LogP contribution in [0.2, 0.25) is 0 Å². The fraction of sp³-hybridized carbons (Fsp3) is 0.0588. The Morgan fingerprint density at radius 2 is 1.95 bits per heavy atom. The van der Waals surface area contributed by atoms with Crippen LogP contribution in [0, 0.1) is 0 Å². The number of nitrogens with zero attached hydrogens (tertiary/aromatic N) is 2. The number of rotatable bonds is 4. The Balaban J connectivity index is 1.48. The number of anilines is 1. The SMILES string of the molecule is c1ccc(-c2cnc(NCc3ccc4cc[nH]c4n3)s2)cc1. The molecule has 5 heteroatoms. The van der Waals surface area contributed by atoms with Crippen LogP contribution in [0.4, 0.5) is 5.13 Å². The number of nitrogens with one attached hydrogen (secondary N) is 2. The second-order valence-electron chi connectivity index (χ2n) is 4.97. The highest BCUT2D eigenvalue weighted by atomic mass is 32.1. The van der Waals surface area contributed by atoms with Gasteiger partial charge in [-0.05, 0) is 23.8 Å². The molecule has 4 aromatic rings. The third-order valence-electron chi connectivity index (χ3n) is 3.45. The molecular formula is C17H14N4S. The van der Waals surface area contributed by atoms with Gasteiger partial charge >= 0.3 is 0 Å². The van der Waals surface area contributed by atoms with E-state index in [1.807, 2.05) is 42.7 Å². The molecular weight excluding hydrogens is 292 g/mol. The van der Waals surface area contributed by atoms with Crippen molar-refractivity contribution in [2.24, 2.45) is 0 Å². The monoisotopic (exact) mass is 306 g/mol. The lowest BCUT2D eigenvalue weighted by Gasteiger charge is -2.02. The van der Waals surface area contributed by atoms with Crippen molar-refractivity contribution in [3.05, 3.63) is 66.6 Å². The summed E-state index contributed by atoms with van der Waals surface area (Å²) >= 11 is 1.65. The molecule has 0 fully saturated rings. The van der Waals surface area contributed by atoms with Crippen LogP contribution >= 0.6 is 11.3 Å². The molecule has 0 aliphatic carbocycles. The van der Waals surface area contributed by atoms with Crippen molar-refractivity contribution in [3.8, 4) is 10.4 Å². The zero-order valence-electron chi connectivity index (χ0n) is 11.8. The Bertz CT molecular complexity index is 895. The van der Waals surface area contributed by atoms with Crippen LogP contribution in [0.1, 0.15) is 5.69 Å². The molecule has 0 unspecified atom stereocenters. The highest BCUT2D eigenvalue weighted by molar-refractivity contribution is 7.18. The first-order valence-electron chi connectivity index (χ1n) is 7.07. The number of fused-ring (bicyclic) bond motifs is 1. The first-order valence-corrected chi connectivity index (χ1v) is 7.88. The number of benzene rings is 1. The van der Waals surface area contributed by atoms with Gasteiger partial charge in [-0.25, -0.2) is 9.97 Å². The van der Waals surface area contributed by atoms with Gasteiger partial charge in [0.05, 0.1) is 17.1 Å². The molecule has 108 valence electrons. The summed E-state index contributed by atoms with van der Waals surface area (Å²) in [7, 11) is 0. The summed E-state index contributed by atoms with van der Waals surface area (Å²) in [6.45, 7) is 0.663.